The maximum atomic E-state index is 5.39. The van der Waals surface area contributed by atoms with E-state index < -0.39 is 0 Å². The van der Waals surface area contributed by atoms with Gasteiger partial charge in [0, 0.05) is 13.2 Å². The second-order valence-corrected chi connectivity index (χ2v) is 5.00. The minimum absolute atomic E-state index is 0.334. The van der Waals surface area contributed by atoms with Crippen LogP contribution in [0, 0.1) is 0 Å². The molecule has 146 valence electrons. The molecule has 0 aliphatic carbocycles. The zero-order valence-corrected chi connectivity index (χ0v) is 15.5. The van der Waals surface area contributed by atoms with Gasteiger partial charge in [0.2, 0.25) is 0 Å². The van der Waals surface area contributed by atoms with E-state index in [1.807, 2.05) is 0 Å². The first-order valence-corrected chi connectivity index (χ1v) is 8.96. The van der Waals surface area contributed by atoms with E-state index in [1.165, 1.54) is 0 Å². The summed E-state index contributed by atoms with van der Waals surface area (Å²) in [7, 11) is 0. The molecular weight excluding hydrogens is 316 g/mol. The van der Waals surface area contributed by atoms with Crippen molar-refractivity contribution in [3.05, 3.63) is 0 Å². The highest BCUT2D eigenvalue weighted by Crippen LogP contribution is 1.86. The van der Waals surface area contributed by atoms with Crippen LogP contribution in [-0.2, 0) is 33.2 Å². The predicted octanol–water partition coefficient (Wildman–Crippen LogP) is 1.88. The van der Waals surface area contributed by atoms with Gasteiger partial charge >= 0.3 is 0 Å². The van der Waals surface area contributed by atoms with Gasteiger partial charge in [-0.05, 0) is 12.8 Å². The summed E-state index contributed by atoms with van der Waals surface area (Å²) in [5.74, 6) is 0. The van der Waals surface area contributed by atoms with Gasteiger partial charge in [0.15, 0.2) is 0 Å². The van der Waals surface area contributed by atoms with Gasteiger partial charge in [0.25, 0.3) is 0 Å². The third-order valence-corrected chi connectivity index (χ3v) is 2.72. The largest absolute Gasteiger partial charge is 0.379 e. The lowest BCUT2D eigenvalue weighted by Gasteiger charge is -2.08. The number of hydrogen-bond acceptors (Lipinski definition) is 7. The lowest BCUT2D eigenvalue weighted by molar-refractivity contribution is -0.0730. The summed E-state index contributed by atoms with van der Waals surface area (Å²) in [6.45, 7) is 11.8. The second-order valence-electron chi connectivity index (χ2n) is 5.00. The number of ether oxygens (including phenoxy) is 7. The monoisotopic (exact) mass is 352 g/mol. The molecule has 0 spiro atoms. The summed E-state index contributed by atoms with van der Waals surface area (Å²) in [6.07, 6.45) is 2.04. The fraction of sp³-hybridized carbons (Fsp3) is 1.00. The summed E-state index contributed by atoms with van der Waals surface area (Å²) >= 11 is 0. The van der Waals surface area contributed by atoms with E-state index in [0.29, 0.717) is 72.9 Å². The van der Waals surface area contributed by atoms with Crippen molar-refractivity contribution < 1.29 is 33.2 Å². The van der Waals surface area contributed by atoms with Crippen molar-refractivity contribution in [1.29, 1.82) is 0 Å². The molecule has 0 aromatic heterocycles. The van der Waals surface area contributed by atoms with E-state index in [-0.39, 0.29) is 0 Å². The van der Waals surface area contributed by atoms with Crippen molar-refractivity contribution in [1.82, 2.24) is 0 Å². The molecule has 0 radical (unpaired) electrons. The SMILES string of the molecule is CCCOCCOCCOCCOCCOCCOCOCCC. The molecule has 0 rings (SSSR count). The van der Waals surface area contributed by atoms with Crippen LogP contribution < -0.4 is 0 Å². The zero-order valence-electron chi connectivity index (χ0n) is 15.5. The summed E-state index contributed by atoms with van der Waals surface area (Å²) in [6, 6.07) is 0. The van der Waals surface area contributed by atoms with Crippen molar-refractivity contribution in [3.63, 3.8) is 0 Å². The van der Waals surface area contributed by atoms with Crippen molar-refractivity contribution in [3.8, 4) is 0 Å². The molecule has 0 bridgehead atoms. The Bertz CT molecular complexity index is 195. The fourth-order valence-electron chi connectivity index (χ4n) is 1.57. The van der Waals surface area contributed by atoms with Crippen LogP contribution in [0.4, 0.5) is 0 Å². The predicted molar refractivity (Wildman–Crippen MR) is 91.4 cm³/mol. The van der Waals surface area contributed by atoms with Crippen molar-refractivity contribution in [2.45, 2.75) is 26.7 Å². The van der Waals surface area contributed by atoms with Gasteiger partial charge in [0.1, 0.15) is 6.79 Å². The molecule has 7 heteroatoms. The first-order chi connectivity index (χ1) is 11.9. The Balaban J connectivity index is 2.93. The van der Waals surface area contributed by atoms with Crippen LogP contribution in [-0.4, -0.2) is 86.1 Å². The molecule has 0 atom stereocenters. The lowest BCUT2D eigenvalue weighted by atomic mass is 10.5. The molecule has 0 heterocycles. The highest BCUT2D eigenvalue weighted by molar-refractivity contribution is 4.36. The molecule has 0 amide bonds. The molecule has 0 N–H and O–H groups in total. The van der Waals surface area contributed by atoms with Gasteiger partial charge in [-0.15, -0.1) is 0 Å². The second kappa shape index (κ2) is 22.7. The first kappa shape index (κ1) is 23.7. The molecule has 0 aromatic carbocycles. The maximum Gasteiger partial charge on any atom is 0.146 e. The highest BCUT2D eigenvalue weighted by Gasteiger charge is 1.94. The van der Waals surface area contributed by atoms with Crippen LogP contribution >= 0.6 is 0 Å². The number of hydrogen-bond donors (Lipinski definition) is 0. The molecule has 0 aliphatic heterocycles. The van der Waals surface area contributed by atoms with E-state index in [0.717, 1.165) is 26.1 Å². The molecule has 7 nitrogen and oxygen atoms in total. The van der Waals surface area contributed by atoms with Crippen LogP contribution in [0.3, 0.4) is 0 Å². The van der Waals surface area contributed by atoms with Gasteiger partial charge in [-0.3, -0.25) is 0 Å². The summed E-state index contributed by atoms with van der Waals surface area (Å²) in [4.78, 5) is 0. The molecule has 0 saturated heterocycles. The smallest absolute Gasteiger partial charge is 0.146 e. The molecule has 0 aromatic rings. The van der Waals surface area contributed by atoms with Gasteiger partial charge in [-0.2, -0.15) is 0 Å². The average Bonchev–Trinajstić information content (AvgIpc) is 2.60. The molecule has 0 unspecified atom stereocenters. The van der Waals surface area contributed by atoms with Crippen LogP contribution in [0.5, 0.6) is 0 Å². The van der Waals surface area contributed by atoms with Crippen LogP contribution in [0.2, 0.25) is 0 Å². The quantitative estimate of drug-likeness (QED) is 0.231. The summed E-state index contributed by atoms with van der Waals surface area (Å²) in [5.41, 5.74) is 0. The zero-order chi connectivity index (χ0) is 17.6. The van der Waals surface area contributed by atoms with Crippen LogP contribution in [0.15, 0.2) is 0 Å². The van der Waals surface area contributed by atoms with E-state index >= 15 is 0 Å². The molecule has 24 heavy (non-hydrogen) atoms. The fourth-order valence-corrected chi connectivity index (χ4v) is 1.57. The van der Waals surface area contributed by atoms with Crippen LogP contribution in [0.1, 0.15) is 26.7 Å². The minimum Gasteiger partial charge on any atom is -0.379 e. The van der Waals surface area contributed by atoms with Gasteiger partial charge in [-0.1, -0.05) is 13.8 Å². The minimum atomic E-state index is 0.334. The molecular formula is C17H36O7. The standard InChI is InChI=1S/C17H36O7/c1-3-5-18-7-8-19-9-10-20-11-12-21-13-14-22-15-16-24-17-23-6-4-2/h3-17H2,1-2H3. The Morgan fingerprint density at radius 2 is 0.583 bits per heavy atom. The molecule has 0 fully saturated rings. The van der Waals surface area contributed by atoms with E-state index in [4.69, 9.17) is 33.2 Å². The lowest BCUT2D eigenvalue weighted by Crippen LogP contribution is -2.14. The summed E-state index contributed by atoms with van der Waals surface area (Å²) < 4.78 is 37.2. The van der Waals surface area contributed by atoms with Crippen molar-refractivity contribution in [2.24, 2.45) is 0 Å². The molecule has 0 aliphatic rings. The topological polar surface area (TPSA) is 64.6 Å². The Hall–Kier alpha value is -0.280. The Morgan fingerprint density at radius 3 is 0.958 bits per heavy atom. The summed E-state index contributed by atoms with van der Waals surface area (Å²) in [5, 5.41) is 0. The Kier molecular flexibility index (Phi) is 22.5. The van der Waals surface area contributed by atoms with E-state index in [9.17, 15) is 0 Å². The Morgan fingerprint density at radius 1 is 0.333 bits per heavy atom. The van der Waals surface area contributed by atoms with Gasteiger partial charge in [-0.25, -0.2) is 0 Å². The Labute approximate surface area is 146 Å². The normalized spacial score (nSPS) is 11.2. The maximum absolute atomic E-state index is 5.39. The molecule has 0 saturated carbocycles. The third kappa shape index (κ3) is 21.7. The average molecular weight is 352 g/mol. The van der Waals surface area contributed by atoms with Crippen molar-refractivity contribution >= 4 is 0 Å². The van der Waals surface area contributed by atoms with E-state index in [2.05, 4.69) is 13.8 Å². The number of rotatable bonds is 21. The van der Waals surface area contributed by atoms with Crippen molar-refractivity contribution in [2.75, 3.05) is 86.1 Å². The third-order valence-electron chi connectivity index (χ3n) is 2.72. The van der Waals surface area contributed by atoms with Crippen LogP contribution in [0.25, 0.3) is 0 Å². The van der Waals surface area contributed by atoms with Gasteiger partial charge < -0.3 is 33.2 Å². The first-order valence-electron chi connectivity index (χ1n) is 8.96. The highest BCUT2D eigenvalue weighted by atomic mass is 16.7. The van der Waals surface area contributed by atoms with E-state index in [1.54, 1.807) is 0 Å². The van der Waals surface area contributed by atoms with Gasteiger partial charge in [0.05, 0.1) is 66.1 Å².